The summed E-state index contributed by atoms with van der Waals surface area (Å²) >= 11 is 0. The lowest BCUT2D eigenvalue weighted by Crippen LogP contribution is -2.12. The summed E-state index contributed by atoms with van der Waals surface area (Å²) in [7, 11) is 0. The summed E-state index contributed by atoms with van der Waals surface area (Å²) in [5.41, 5.74) is -0.777. The number of unbranched alkanes of at least 4 members (excludes halogenated alkanes) is 3. The van der Waals surface area contributed by atoms with Gasteiger partial charge in [-0.1, -0.05) is 26.2 Å². The molecule has 1 unspecified atom stereocenters. The van der Waals surface area contributed by atoms with Crippen LogP contribution < -0.4 is 4.74 Å². The molecule has 0 aliphatic carbocycles. The Morgan fingerprint density at radius 2 is 2.10 bits per heavy atom. The van der Waals surface area contributed by atoms with Crippen molar-refractivity contribution < 1.29 is 19.6 Å². The molecule has 0 saturated heterocycles. The highest BCUT2D eigenvalue weighted by Crippen LogP contribution is 2.25. The minimum absolute atomic E-state index is 0.0510. The highest BCUT2D eigenvalue weighted by Gasteiger charge is 2.20. The molecule has 0 saturated carbocycles. The summed E-state index contributed by atoms with van der Waals surface area (Å²) < 4.78 is 5.63. The van der Waals surface area contributed by atoms with Crippen LogP contribution in [-0.4, -0.2) is 22.1 Å². The summed E-state index contributed by atoms with van der Waals surface area (Å²) in [6.45, 7) is 4.05. The smallest absolute Gasteiger partial charge is 0.342 e. The number of aromatic carboxylic acids is 1. The van der Waals surface area contributed by atoms with Gasteiger partial charge in [0.15, 0.2) is 0 Å². The zero-order valence-electron chi connectivity index (χ0n) is 12.4. The highest BCUT2D eigenvalue weighted by atomic mass is 16.6. The number of carboxylic acids is 1. The first kappa shape index (κ1) is 16.9. The Morgan fingerprint density at radius 1 is 1.38 bits per heavy atom. The molecule has 21 heavy (non-hydrogen) atoms. The van der Waals surface area contributed by atoms with E-state index in [1.165, 1.54) is 31.0 Å². The van der Waals surface area contributed by atoms with E-state index in [4.69, 9.17) is 9.84 Å². The second-order valence-corrected chi connectivity index (χ2v) is 5.02. The number of nitro benzene ring substituents is 1. The first-order valence-electron chi connectivity index (χ1n) is 7.14. The first-order chi connectivity index (χ1) is 9.95. The van der Waals surface area contributed by atoms with Gasteiger partial charge in [-0.05, 0) is 25.8 Å². The predicted molar refractivity (Wildman–Crippen MR) is 78.9 cm³/mol. The van der Waals surface area contributed by atoms with Crippen LogP contribution in [0.3, 0.4) is 0 Å². The monoisotopic (exact) mass is 295 g/mol. The lowest BCUT2D eigenvalue weighted by molar-refractivity contribution is -0.385. The van der Waals surface area contributed by atoms with E-state index in [9.17, 15) is 14.9 Å². The van der Waals surface area contributed by atoms with Crippen molar-refractivity contribution in [1.29, 1.82) is 0 Å². The molecular weight excluding hydrogens is 274 g/mol. The fourth-order valence-electron chi connectivity index (χ4n) is 2.07. The standard InChI is InChI=1S/C15H21NO5/c1-3-4-5-6-7-11(2)21-12-8-9-14(16(19)20)13(10-12)15(17)18/h8-11H,3-7H2,1-2H3,(H,17,18). The van der Waals surface area contributed by atoms with Gasteiger partial charge in [-0.2, -0.15) is 0 Å². The SMILES string of the molecule is CCCCCCC(C)Oc1ccc([N+](=O)[O-])c(C(=O)O)c1. The van der Waals surface area contributed by atoms with Crippen molar-refractivity contribution in [2.75, 3.05) is 0 Å². The van der Waals surface area contributed by atoms with Gasteiger partial charge in [-0.25, -0.2) is 4.79 Å². The Morgan fingerprint density at radius 3 is 2.67 bits per heavy atom. The van der Waals surface area contributed by atoms with E-state index in [0.29, 0.717) is 5.75 Å². The van der Waals surface area contributed by atoms with Crippen molar-refractivity contribution in [2.45, 2.75) is 52.1 Å². The van der Waals surface area contributed by atoms with Crippen LogP contribution in [0.1, 0.15) is 56.3 Å². The predicted octanol–water partition coefficient (Wildman–Crippen LogP) is 4.03. The fraction of sp³-hybridized carbons (Fsp3) is 0.533. The number of rotatable bonds is 9. The number of hydrogen-bond acceptors (Lipinski definition) is 4. The van der Waals surface area contributed by atoms with E-state index in [1.54, 1.807) is 0 Å². The average molecular weight is 295 g/mol. The third-order valence-corrected chi connectivity index (χ3v) is 3.20. The molecule has 0 spiro atoms. The molecule has 1 rings (SSSR count). The topological polar surface area (TPSA) is 89.7 Å². The van der Waals surface area contributed by atoms with Crippen molar-refractivity contribution in [3.63, 3.8) is 0 Å². The zero-order valence-corrected chi connectivity index (χ0v) is 12.4. The summed E-state index contributed by atoms with van der Waals surface area (Å²) in [5, 5.41) is 19.8. The molecular formula is C15H21NO5. The Labute approximate surface area is 123 Å². The van der Waals surface area contributed by atoms with Crippen molar-refractivity contribution in [2.24, 2.45) is 0 Å². The summed E-state index contributed by atoms with van der Waals surface area (Å²) in [5.74, 6) is -0.983. The molecule has 0 radical (unpaired) electrons. The molecule has 1 N–H and O–H groups in total. The fourth-order valence-corrected chi connectivity index (χ4v) is 2.07. The van der Waals surface area contributed by atoms with Crippen LogP contribution in [0.15, 0.2) is 18.2 Å². The van der Waals surface area contributed by atoms with Gasteiger partial charge in [-0.15, -0.1) is 0 Å². The second kappa shape index (κ2) is 8.24. The molecule has 1 aromatic carbocycles. The van der Waals surface area contributed by atoms with Crippen LogP contribution >= 0.6 is 0 Å². The summed E-state index contributed by atoms with van der Waals surface area (Å²) in [6.07, 6.45) is 5.37. The molecule has 0 aliphatic heterocycles. The van der Waals surface area contributed by atoms with Gasteiger partial charge in [0.2, 0.25) is 0 Å². The number of carboxylic acid groups (broad SMARTS) is 1. The Kier molecular flexibility index (Phi) is 6.65. The van der Waals surface area contributed by atoms with Crippen molar-refractivity contribution in [3.8, 4) is 5.75 Å². The van der Waals surface area contributed by atoms with Crippen LogP contribution in [-0.2, 0) is 0 Å². The number of nitrogens with zero attached hydrogens (tertiary/aromatic N) is 1. The number of nitro groups is 1. The molecule has 0 fully saturated rings. The maximum absolute atomic E-state index is 11.0. The van der Waals surface area contributed by atoms with Gasteiger partial charge in [0, 0.05) is 12.1 Å². The molecule has 0 bridgehead atoms. The van der Waals surface area contributed by atoms with E-state index in [1.807, 2.05) is 6.92 Å². The van der Waals surface area contributed by atoms with Crippen molar-refractivity contribution in [3.05, 3.63) is 33.9 Å². The second-order valence-electron chi connectivity index (χ2n) is 5.02. The van der Waals surface area contributed by atoms with E-state index >= 15 is 0 Å². The normalized spacial score (nSPS) is 11.9. The van der Waals surface area contributed by atoms with Gasteiger partial charge in [-0.3, -0.25) is 10.1 Å². The Balaban J connectivity index is 2.69. The largest absolute Gasteiger partial charge is 0.491 e. The first-order valence-corrected chi connectivity index (χ1v) is 7.14. The van der Waals surface area contributed by atoms with E-state index in [2.05, 4.69) is 6.92 Å². The molecule has 0 amide bonds. The maximum Gasteiger partial charge on any atom is 0.342 e. The van der Waals surface area contributed by atoms with Crippen molar-refractivity contribution >= 4 is 11.7 Å². The third kappa shape index (κ3) is 5.41. The van der Waals surface area contributed by atoms with Crippen molar-refractivity contribution in [1.82, 2.24) is 0 Å². The lowest BCUT2D eigenvalue weighted by Gasteiger charge is -2.15. The summed E-state index contributed by atoms with van der Waals surface area (Å²) in [4.78, 5) is 21.1. The number of benzene rings is 1. The number of hydrogen-bond donors (Lipinski definition) is 1. The molecule has 0 aromatic heterocycles. The molecule has 0 aliphatic rings. The van der Waals surface area contributed by atoms with Gasteiger partial charge in [0.1, 0.15) is 11.3 Å². The molecule has 1 atom stereocenters. The zero-order chi connectivity index (χ0) is 15.8. The number of ether oxygens (including phenoxy) is 1. The highest BCUT2D eigenvalue weighted by molar-refractivity contribution is 5.92. The quantitative estimate of drug-likeness (QED) is 0.422. The molecule has 1 aromatic rings. The van der Waals surface area contributed by atoms with E-state index < -0.39 is 16.6 Å². The van der Waals surface area contributed by atoms with Crippen LogP contribution in [0.25, 0.3) is 0 Å². The van der Waals surface area contributed by atoms with Gasteiger partial charge >= 0.3 is 5.97 Å². The molecule has 0 heterocycles. The molecule has 116 valence electrons. The van der Waals surface area contributed by atoms with Crippen LogP contribution in [0.4, 0.5) is 5.69 Å². The number of carbonyl (C=O) groups is 1. The Hall–Kier alpha value is -2.11. The van der Waals surface area contributed by atoms with Gasteiger partial charge in [0.25, 0.3) is 5.69 Å². The van der Waals surface area contributed by atoms with Crippen LogP contribution in [0, 0.1) is 10.1 Å². The minimum atomic E-state index is -1.33. The third-order valence-electron chi connectivity index (χ3n) is 3.20. The van der Waals surface area contributed by atoms with E-state index in [0.717, 1.165) is 19.3 Å². The van der Waals surface area contributed by atoms with Crippen LogP contribution in [0.2, 0.25) is 0 Å². The molecule has 6 nitrogen and oxygen atoms in total. The lowest BCUT2D eigenvalue weighted by atomic mass is 10.1. The molecule has 6 heteroatoms. The Bertz CT molecular complexity index is 501. The van der Waals surface area contributed by atoms with Crippen LogP contribution in [0.5, 0.6) is 5.75 Å². The van der Waals surface area contributed by atoms with Gasteiger partial charge < -0.3 is 9.84 Å². The minimum Gasteiger partial charge on any atom is -0.491 e. The maximum atomic E-state index is 11.0. The van der Waals surface area contributed by atoms with E-state index in [-0.39, 0.29) is 11.7 Å². The average Bonchev–Trinajstić information content (AvgIpc) is 2.43. The van der Waals surface area contributed by atoms with Gasteiger partial charge in [0.05, 0.1) is 11.0 Å². The summed E-state index contributed by atoms with van der Waals surface area (Å²) in [6, 6.07) is 3.82.